The van der Waals surface area contributed by atoms with Crippen molar-refractivity contribution in [1.29, 1.82) is 0 Å². The normalized spacial score (nSPS) is 16.3. The number of benzene rings is 1. The van der Waals surface area contributed by atoms with Gasteiger partial charge in [0.05, 0.1) is 16.3 Å². The Morgan fingerprint density at radius 3 is 2.68 bits per heavy atom. The van der Waals surface area contributed by atoms with Crippen LogP contribution in [0.3, 0.4) is 0 Å². The Balaban J connectivity index is 1.32. The molecule has 28 heavy (non-hydrogen) atoms. The molecule has 0 bridgehead atoms. The van der Waals surface area contributed by atoms with E-state index in [-0.39, 0.29) is 17.8 Å². The molecular weight excluding hydrogens is 377 g/mol. The van der Waals surface area contributed by atoms with Gasteiger partial charge in [0, 0.05) is 32.7 Å². The van der Waals surface area contributed by atoms with Crippen LogP contribution in [-0.2, 0) is 11.3 Å². The standard InChI is InChI=1S/C20H22FN5OS/c1-14(20(27)22-12-15-2-4-16(21)5-3-15)25-7-9-26(10-8-25)19-18-17(6-11-28-18)23-13-24-19/h2-6,11,13-14H,7-10,12H2,1H3,(H,22,27). The quantitative estimate of drug-likeness (QED) is 0.715. The van der Waals surface area contributed by atoms with Crippen molar-refractivity contribution >= 4 is 33.3 Å². The lowest BCUT2D eigenvalue weighted by molar-refractivity contribution is -0.126. The number of nitrogens with zero attached hydrogens (tertiary/aromatic N) is 4. The van der Waals surface area contributed by atoms with Gasteiger partial charge in [-0.05, 0) is 36.1 Å². The Hall–Kier alpha value is -2.58. The van der Waals surface area contributed by atoms with Gasteiger partial charge in [-0.2, -0.15) is 0 Å². The van der Waals surface area contributed by atoms with Crippen LogP contribution in [0.25, 0.3) is 10.2 Å². The number of carbonyl (C=O) groups is 1. The number of hydrogen-bond donors (Lipinski definition) is 1. The lowest BCUT2D eigenvalue weighted by atomic mass is 10.2. The van der Waals surface area contributed by atoms with E-state index in [1.54, 1.807) is 29.8 Å². The summed E-state index contributed by atoms with van der Waals surface area (Å²) in [5, 5.41) is 4.98. The molecule has 0 saturated carbocycles. The van der Waals surface area contributed by atoms with E-state index in [2.05, 4.69) is 25.1 Å². The highest BCUT2D eigenvalue weighted by molar-refractivity contribution is 7.17. The maximum absolute atomic E-state index is 13.0. The Labute approximate surface area is 167 Å². The number of carbonyl (C=O) groups excluding carboxylic acids is 1. The van der Waals surface area contributed by atoms with Gasteiger partial charge < -0.3 is 10.2 Å². The number of anilines is 1. The van der Waals surface area contributed by atoms with Crippen molar-refractivity contribution in [2.45, 2.75) is 19.5 Å². The van der Waals surface area contributed by atoms with E-state index in [4.69, 9.17) is 0 Å². The second-order valence-corrected chi connectivity index (χ2v) is 7.79. The van der Waals surface area contributed by atoms with Gasteiger partial charge in [-0.15, -0.1) is 11.3 Å². The van der Waals surface area contributed by atoms with E-state index in [9.17, 15) is 9.18 Å². The first-order valence-electron chi connectivity index (χ1n) is 9.31. The van der Waals surface area contributed by atoms with Gasteiger partial charge in [0.25, 0.3) is 0 Å². The average molecular weight is 399 g/mol. The average Bonchev–Trinajstić information content (AvgIpc) is 3.22. The van der Waals surface area contributed by atoms with Crippen LogP contribution in [0.15, 0.2) is 42.0 Å². The van der Waals surface area contributed by atoms with Crippen LogP contribution >= 0.6 is 11.3 Å². The van der Waals surface area contributed by atoms with Crippen LogP contribution in [0, 0.1) is 5.82 Å². The van der Waals surface area contributed by atoms with Crippen molar-refractivity contribution in [2.75, 3.05) is 31.1 Å². The van der Waals surface area contributed by atoms with Gasteiger partial charge >= 0.3 is 0 Å². The maximum atomic E-state index is 13.0. The van der Waals surface area contributed by atoms with E-state index in [0.29, 0.717) is 6.54 Å². The summed E-state index contributed by atoms with van der Waals surface area (Å²) in [6.45, 7) is 5.56. The fourth-order valence-electron chi connectivity index (χ4n) is 3.43. The van der Waals surface area contributed by atoms with Crippen molar-refractivity contribution in [1.82, 2.24) is 20.2 Å². The van der Waals surface area contributed by atoms with Gasteiger partial charge in [-0.3, -0.25) is 9.69 Å². The molecule has 6 nitrogen and oxygen atoms in total. The summed E-state index contributed by atoms with van der Waals surface area (Å²) in [5.74, 6) is 0.693. The molecule has 3 heterocycles. The minimum atomic E-state index is -0.273. The fraction of sp³-hybridized carbons (Fsp3) is 0.350. The largest absolute Gasteiger partial charge is 0.353 e. The predicted molar refractivity (Wildman–Crippen MR) is 109 cm³/mol. The molecule has 1 atom stereocenters. The van der Waals surface area contributed by atoms with E-state index in [1.807, 2.05) is 18.4 Å². The summed E-state index contributed by atoms with van der Waals surface area (Å²) in [6, 6.07) is 7.98. The summed E-state index contributed by atoms with van der Waals surface area (Å²) in [6.07, 6.45) is 1.61. The molecule has 1 fully saturated rings. The van der Waals surface area contributed by atoms with Crippen molar-refractivity contribution in [3.63, 3.8) is 0 Å². The van der Waals surface area contributed by atoms with Crippen LogP contribution in [-0.4, -0.2) is 53.0 Å². The molecule has 1 aromatic carbocycles. The van der Waals surface area contributed by atoms with E-state index < -0.39 is 0 Å². The zero-order chi connectivity index (χ0) is 19.5. The maximum Gasteiger partial charge on any atom is 0.237 e. The van der Waals surface area contributed by atoms with Crippen LogP contribution in [0.1, 0.15) is 12.5 Å². The van der Waals surface area contributed by atoms with E-state index in [0.717, 1.165) is 47.8 Å². The van der Waals surface area contributed by atoms with Gasteiger partial charge in [-0.25, -0.2) is 14.4 Å². The van der Waals surface area contributed by atoms with Crippen LogP contribution in [0.2, 0.25) is 0 Å². The first kappa shape index (κ1) is 18.8. The Morgan fingerprint density at radius 2 is 1.93 bits per heavy atom. The van der Waals surface area contributed by atoms with Crippen LogP contribution < -0.4 is 10.2 Å². The molecule has 8 heteroatoms. The molecule has 1 amide bonds. The fourth-order valence-corrected chi connectivity index (χ4v) is 4.29. The van der Waals surface area contributed by atoms with Crippen molar-refractivity contribution < 1.29 is 9.18 Å². The minimum Gasteiger partial charge on any atom is -0.353 e. The number of amides is 1. The van der Waals surface area contributed by atoms with Crippen LogP contribution in [0.4, 0.5) is 10.2 Å². The van der Waals surface area contributed by atoms with Gasteiger partial charge in [0.2, 0.25) is 5.91 Å². The summed E-state index contributed by atoms with van der Waals surface area (Å²) in [4.78, 5) is 25.7. The van der Waals surface area contributed by atoms with Gasteiger partial charge in [0.15, 0.2) is 0 Å². The van der Waals surface area contributed by atoms with Crippen molar-refractivity contribution in [3.05, 3.63) is 53.4 Å². The Morgan fingerprint density at radius 1 is 1.18 bits per heavy atom. The molecule has 146 valence electrons. The second-order valence-electron chi connectivity index (χ2n) is 6.88. The lowest BCUT2D eigenvalue weighted by Gasteiger charge is -2.38. The molecule has 2 aromatic heterocycles. The molecule has 1 unspecified atom stereocenters. The van der Waals surface area contributed by atoms with Crippen molar-refractivity contribution in [2.24, 2.45) is 0 Å². The molecule has 1 aliphatic rings. The molecule has 0 radical (unpaired) electrons. The van der Waals surface area contributed by atoms with Gasteiger partial charge in [-0.1, -0.05) is 12.1 Å². The Bertz CT molecular complexity index is 953. The zero-order valence-electron chi connectivity index (χ0n) is 15.6. The minimum absolute atomic E-state index is 0.0135. The molecular formula is C20H22FN5OS. The second kappa shape index (κ2) is 8.20. The molecule has 0 spiro atoms. The molecule has 0 aliphatic carbocycles. The highest BCUT2D eigenvalue weighted by Crippen LogP contribution is 2.28. The molecule has 4 rings (SSSR count). The summed E-state index contributed by atoms with van der Waals surface area (Å²) >= 11 is 1.66. The van der Waals surface area contributed by atoms with Gasteiger partial charge in [0.1, 0.15) is 18.0 Å². The number of nitrogens with one attached hydrogen (secondary N) is 1. The summed E-state index contributed by atoms with van der Waals surface area (Å²) in [5.41, 5.74) is 1.86. The number of hydrogen-bond acceptors (Lipinski definition) is 6. The monoisotopic (exact) mass is 399 g/mol. The summed E-state index contributed by atoms with van der Waals surface area (Å²) < 4.78 is 14.1. The predicted octanol–water partition coefficient (Wildman–Crippen LogP) is 2.66. The topological polar surface area (TPSA) is 61.4 Å². The molecule has 1 saturated heterocycles. The number of piperazine rings is 1. The number of aromatic nitrogens is 2. The number of thiophene rings is 1. The van der Waals surface area contributed by atoms with Crippen molar-refractivity contribution in [3.8, 4) is 0 Å². The van der Waals surface area contributed by atoms with Crippen LogP contribution in [0.5, 0.6) is 0 Å². The third-order valence-corrected chi connectivity index (χ3v) is 6.04. The molecule has 1 aliphatic heterocycles. The third-order valence-electron chi connectivity index (χ3n) is 5.15. The first-order chi connectivity index (χ1) is 13.6. The first-order valence-corrected chi connectivity index (χ1v) is 10.2. The zero-order valence-corrected chi connectivity index (χ0v) is 16.5. The number of fused-ring (bicyclic) bond motifs is 1. The smallest absolute Gasteiger partial charge is 0.237 e. The Kier molecular flexibility index (Phi) is 5.50. The molecule has 3 aromatic rings. The lowest BCUT2D eigenvalue weighted by Crippen LogP contribution is -2.54. The number of rotatable bonds is 5. The SMILES string of the molecule is CC(C(=O)NCc1ccc(F)cc1)N1CCN(c2ncnc3ccsc23)CC1. The van der Waals surface area contributed by atoms with E-state index in [1.165, 1.54) is 12.1 Å². The molecule has 1 N–H and O–H groups in total. The van der Waals surface area contributed by atoms with E-state index >= 15 is 0 Å². The summed E-state index contributed by atoms with van der Waals surface area (Å²) in [7, 11) is 0. The highest BCUT2D eigenvalue weighted by atomic mass is 32.1. The number of halogens is 1. The highest BCUT2D eigenvalue weighted by Gasteiger charge is 2.26. The third kappa shape index (κ3) is 3.98.